The molecule has 0 saturated heterocycles. The molecule has 0 unspecified atom stereocenters. The van der Waals surface area contributed by atoms with Crippen molar-refractivity contribution >= 4 is 17.3 Å². The van der Waals surface area contributed by atoms with E-state index in [1.54, 1.807) is 23.7 Å². The summed E-state index contributed by atoms with van der Waals surface area (Å²) < 4.78 is 0. The highest BCUT2D eigenvalue weighted by Crippen LogP contribution is 2.32. The molecule has 0 aliphatic carbocycles. The van der Waals surface area contributed by atoms with Crippen LogP contribution in [0.15, 0.2) is 48.2 Å². The minimum atomic E-state index is 0.661. The second kappa shape index (κ2) is 5.79. The summed E-state index contributed by atoms with van der Waals surface area (Å²) in [5.41, 5.74) is 3.06. The van der Waals surface area contributed by atoms with Crippen molar-refractivity contribution in [2.75, 3.05) is 11.9 Å². The predicted molar refractivity (Wildman–Crippen MR) is 82.7 cm³/mol. The van der Waals surface area contributed by atoms with Crippen molar-refractivity contribution in [3.05, 3.63) is 48.2 Å². The minimum absolute atomic E-state index is 0.661. The van der Waals surface area contributed by atoms with Crippen LogP contribution in [-0.2, 0) is 0 Å². The van der Waals surface area contributed by atoms with Gasteiger partial charge in [-0.15, -0.1) is 11.3 Å². The Labute approximate surface area is 121 Å². The predicted octanol–water partition coefficient (Wildman–Crippen LogP) is 3.70. The van der Waals surface area contributed by atoms with Crippen LogP contribution in [-0.4, -0.2) is 21.5 Å². The Morgan fingerprint density at radius 3 is 2.75 bits per heavy atom. The monoisotopic (exact) mass is 282 g/mol. The molecular formula is C15H14N4S. The molecule has 0 spiro atoms. The van der Waals surface area contributed by atoms with Crippen LogP contribution in [0.4, 0.5) is 5.95 Å². The van der Waals surface area contributed by atoms with E-state index in [2.05, 4.69) is 31.7 Å². The summed E-state index contributed by atoms with van der Waals surface area (Å²) in [7, 11) is 0. The summed E-state index contributed by atoms with van der Waals surface area (Å²) in [6.07, 6.45) is 5.44. The third-order valence-electron chi connectivity index (χ3n) is 2.87. The first-order valence-corrected chi connectivity index (χ1v) is 7.31. The van der Waals surface area contributed by atoms with Gasteiger partial charge in [0.2, 0.25) is 5.95 Å². The van der Waals surface area contributed by atoms with E-state index in [1.165, 1.54) is 0 Å². The lowest BCUT2D eigenvalue weighted by atomic mass is 10.1. The highest BCUT2D eigenvalue weighted by molar-refractivity contribution is 7.13. The van der Waals surface area contributed by atoms with Crippen LogP contribution in [0.2, 0.25) is 0 Å². The topological polar surface area (TPSA) is 50.7 Å². The molecule has 4 nitrogen and oxygen atoms in total. The molecule has 1 N–H and O–H groups in total. The zero-order valence-electron chi connectivity index (χ0n) is 11.1. The minimum Gasteiger partial charge on any atom is -0.354 e. The van der Waals surface area contributed by atoms with Gasteiger partial charge in [0.15, 0.2) is 0 Å². The van der Waals surface area contributed by atoms with E-state index in [-0.39, 0.29) is 0 Å². The second-order valence-electron chi connectivity index (χ2n) is 4.20. The number of nitrogens with zero attached hydrogens (tertiary/aromatic N) is 3. The van der Waals surface area contributed by atoms with Gasteiger partial charge in [-0.05, 0) is 36.1 Å². The molecule has 3 rings (SSSR count). The van der Waals surface area contributed by atoms with Crippen molar-refractivity contribution in [2.45, 2.75) is 6.92 Å². The van der Waals surface area contributed by atoms with Gasteiger partial charge >= 0.3 is 0 Å². The fourth-order valence-electron chi connectivity index (χ4n) is 1.97. The Bertz CT molecular complexity index is 680. The van der Waals surface area contributed by atoms with Gasteiger partial charge in [0.1, 0.15) is 0 Å². The fraction of sp³-hybridized carbons (Fsp3) is 0.133. The third-order valence-corrected chi connectivity index (χ3v) is 3.75. The van der Waals surface area contributed by atoms with Crippen LogP contribution >= 0.6 is 11.3 Å². The van der Waals surface area contributed by atoms with Gasteiger partial charge in [-0.25, -0.2) is 9.97 Å². The molecule has 3 aromatic rings. The summed E-state index contributed by atoms with van der Waals surface area (Å²) >= 11 is 1.68. The van der Waals surface area contributed by atoms with Crippen LogP contribution in [0.25, 0.3) is 21.7 Å². The molecule has 0 aliphatic rings. The summed E-state index contributed by atoms with van der Waals surface area (Å²) in [4.78, 5) is 14.2. The Morgan fingerprint density at radius 2 is 2.05 bits per heavy atom. The molecule has 0 radical (unpaired) electrons. The molecule has 3 heterocycles. The van der Waals surface area contributed by atoms with Crippen molar-refractivity contribution in [3.8, 4) is 21.7 Å². The van der Waals surface area contributed by atoms with Gasteiger partial charge < -0.3 is 5.32 Å². The zero-order chi connectivity index (χ0) is 13.8. The lowest BCUT2D eigenvalue weighted by Crippen LogP contribution is -2.03. The molecule has 5 heteroatoms. The van der Waals surface area contributed by atoms with Crippen LogP contribution in [0.5, 0.6) is 0 Å². The summed E-state index contributed by atoms with van der Waals surface area (Å²) in [5, 5.41) is 5.21. The molecule has 3 aromatic heterocycles. The van der Waals surface area contributed by atoms with Gasteiger partial charge in [-0.1, -0.05) is 6.07 Å². The Kier molecular flexibility index (Phi) is 3.69. The van der Waals surface area contributed by atoms with Crippen molar-refractivity contribution < 1.29 is 0 Å². The SMILES string of the molecule is CCNc1ncc(-c2ccncc2)c(-c2cccs2)n1. The molecule has 20 heavy (non-hydrogen) atoms. The first kappa shape index (κ1) is 12.7. The van der Waals surface area contributed by atoms with E-state index in [1.807, 2.05) is 31.3 Å². The number of nitrogens with one attached hydrogen (secondary N) is 1. The van der Waals surface area contributed by atoms with E-state index in [0.717, 1.165) is 28.2 Å². The van der Waals surface area contributed by atoms with E-state index in [0.29, 0.717) is 5.95 Å². The molecule has 100 valence electrons. The van der Waals surface area contributed by atoms with E-state index >= 15 is 0 Å². The number of pyridine rings is 1. The van der Waals surface area contributed by atoms with Crippen molar-refractivity contribution in [3.63, 3.8) is 0 Å². The van der Waals surface area contributed by atoms with Gasteiger partial charge in [-0.3, -0.25) is 4.98 Å². The number of hydrogen-bond acceptors (Lipinski definition) is 5. The average Bonchev–Trinajstić information content (AvgIpc) is 3.03. The second-order valence-corrected chi connectivity index (χ2v) is 5.15. The molecule has 0 aromatic carbocycles. The van der Waals surface area contributed by atoms with Crippen molar-refractivity contribution in [1.82, 2.24) is 15.0 Å². The molecule has 0 amide bonds. The number of thiophene rings is 1. The lowest BCUT2D eigenvalue weighted by molar-refractivity contribution is 1.09. The highest BCUT2D eigenvalue weighted by Gasteiger charge is 2.12. The van der Waals surface area contributed by atoms with E-state index in [4.69, 9.17) is 0 Å². The van der Waals surface area contributed by atoms with Gasteiger partial charge in [0.25, 0.3) is 0 Å². The Hall–Kier alpha value is -2.27. The first-order chi connectivity index (χ1) is 9.88. The average molecular weight is 282 g/mol. The smallest absolute Gasteiger partial charge is 0.223 e. The quantitative estimate of drug-likeness (QED) is 0.792. The van der Waals surface area contributed by atoms with Gasteiger partial charge in [0.05, 0.1) is 10.6 Å². The van der Waals surface area contributed by atoms with Gasteiger partial charge in [0, 0.05) is 30.7 Å². The standard InChI is InChI=1S/C15H14N4S/c1-2-17-15-18-10-12(11-5-7-16-8-6-11)14(19-15)13-4-3-9-20-13/h3-10H,2H2,1H3,(H,17,18,19). The molecule has 0 aliphatic heterocycles. The fourth-order valence-corrected chi connectivity index (χ4v) is 2.70. The number of hydrogen-bond donors (Lipinski definition) is 1. The van der Waals surface area contributed by atoms with Crippen molar-refractivity contribution in [2.24, 2.45) is 0 Å². The molecule has 0 bridgehead atoms. The largest absolute Gasteiger partial charge is 0.354 e. The third kappa shape index (κ3) is 2.53. The van der Waals surface area contributed by atoms with Gasteiger partial charge in [-0.2, -0.15) is 0 Å². The number of aromatic nitrogens is 3. The molecule has 0 atom stereocenters. The normalized spacial score (nSPS) is 10.4. The van der Waals surface area contributed by atoms with Crippen LogP contribution in [0.1, 0.15) is 6.92 Å². The molecular weight excluding hydrogens is 268 g/mol. The summed E-state index contributed by atoms with van der Waals surface area (Å²) in [6.45, 7) is 2.84. The number of anilines is 1. The maximum atomic E-state index is 4.65. The number of rotatable bonds is 4. The highest BCUT2D eigenvalue weighted by atomic mass is 32.1. The van der Waals surface area contributed by atoms with E-state index in [9.17, 15) is 0 Å². The maximum Gasteiger partial charge on any atom is 0.223 e. The van der Waals surface area contributed by atoms with E-state index < -0.39 is 0 Å². The van der Waals surface area contributed by atoms with Crippen molar-refractivity contribution in [1.29, 1.82) is 0 Å². The lowest BCUT2D eigenvalue weighted by Gasteiger charge is -2.09. The summed E-state index contributed by atoms with van der Waals surface area (Å²) in [5.74, 6) is 0.661. The van der Waals surface area contributed by atoms with Crippen LogP contribution < -0.4 is 5.32 Å². The Balaban J connectivity index is 2.14. The zero-order valence-corrected chi connectivity index (χ0v) is 11.9. The maximum absolute atomic E-state index is 4.65. The van der Waals surface area contributed by atoms with Crippen LogP contribution in [0, 0.1) is 0 Å². The first-order valence-electron chi connectivity index (χ1n) is 6.43. The summed E-state index contributed by atoms with van der Waals surface area (Å²) in [6, 6.07) is 8.06. The molecule has 0 fully saturated rings. The van der Waals surface area contributed by atoms with Crippen LogP contribution in [0.3, 0.4) is 0 Å². The molecule has 0 saturated carbocycles. The Morgan fingerprint density at radius 1 is 1.20 bits per heavy atom.